The Hall–Kier alpha value is -1.58. The molecule has 1 aromatic carbocycles. The largest absolute Gasteiger partial charge is 0.461 e. The van der Waals surface area contributed by atoms with Gasteiger partial charge in [-0.05, 0) is 36.9 Å². The van der Waals surface area contributed by atoms with Crippen LogP contribution in [0.15, 0.2) is 40.1 Å². The van der Waals surface area contributed by atoms with Crippen LogP contribution in [0, 0.1) is 13.8 Å². The number of benzene rings is 1. The summed E-state index contributed by atoms with van der Waals surface area (Å²) >= 11 is 1.81. The molecule has 0 unspecified atom stereocenters. The summed E-state index contributed by atoms with van der Waals surface area (Å²) in [4.78, 5) is 1.41. The molecule has 0 spiro atoms. The van der Waals surface area contributed by atoms with Gasteiger partial charge in [-0.15, -0.1) is 11.3 Å². The third kappa shape index (κ3) is 2.44. The SMILES string of the molecule is Cc1ccsc1CNCc1c(C)oc2ccccc12. The van der Waals surface area contributed by atoms with Gasteiger partial charge in [-0.3, -0.25) is 0 Å². The zero-order valence-electron chi connectivity index (χ0n) is 11.2. The predicted molar refractivity (Wildman–Crippen MR) is 80.6 cm³/mol. The van der Waals surface area contributed by atoms with E-state index in [0.717, 1.165) is 24.4 Å². The fourth-order valence-corrected chi connectivity index (χ4v) is 3.20. The molecule has 0 aliphatic carbocycles. The van der Waals surface area contributed by atoms with E-state index in [1.165, 1.54) is 21.4 Å². The summed E-state index contributed by atoms with van der Waals surface area (Å²) in [6.07, 6.45) is 0. The minimum atomic E-state index is 0.847. The Morgan fingerprint density at radius 3 is 2.74 bits per heavy atom. The Bertz CT molecular complexity index is 696. The van der Waals surface area contributed by atoms with Crippen molar-refractivity contribution in [2.45, 2.75) is 26.9 Å². The molecule has 2 heterocycles. The monoisotopic (exact) mass is 271 g/mol. The van der Waals surface area contributed by atoms with Crippen LogP contribution in [0.25, 0.3) is 11.0 Å². The van der Waals surface area contributed by atoms with Crippen LogP contribution in [-0.2, 0) is 13.1 Å². The van der Waals surface area contributed by atoms with Crippen LogP contribution < -0.4 is 5.32 Å². The molecular weight excluding hydrogens is 254 g/mol. The van der Waals surface area contributed by atoms with Crippen LogP contribution in [0.1, 0.15) is 21.8 Å². The molecule has 3 rings (SSSR count). The van der Waals surface area contributed by atoms with Crippen LogP contribution in [0.5, 0.6) is 0 Å². The summed E-state index contributed by atoms with van der Waals surface area (Å²) in [6, 6.07) is 10.4. The molecule has 0 saturated carbocycles. The van der Waals surface area contributed by atoms with E-state index in [4.69, 9.17) is 4.42 Å². The third-order valence-corrected chi connectivity index (χ3v) is 4.48. The van der Waals surface area contributed by atoms with Gasteiger partial charge in [0, 0.05) is 28.9 Å². The average molecular weight is 271 g/mol. The first-order chi connectivity index (χ1) is 9.25. The Morgan fingerprint density at radius 2 is 1.95 bits per heavy atom. The molecule has 0 saturated heterocycles. The number of fused-ring (bicyclic) bond motifs is 1. The van der Waals surface area contributed by atoms with Crippen molar-refractivity contribution in [1.29, 1.82) is 0 Å². The van der Waals surface area contributed by atoms with Gasteiger partial charge in [0.15, 0.2) is 0 Å². The number of rotatable bonds is 4. The summed E-state index contributed by atoms with van der Waals surface area (Å²) in [6.45, 7) is 5.96. The van der Waals surface area contributed by atoms with E-state index in [9.17, 15) is 0 Å². The summed E-state index contributed by atoms with van der Waals surface area (Å²) in [5.41, 5.74) is 3.61. The lowest BCUT2D eigenvalue weighted by molar-refractivity contribution is 0.565. The molecule has 0 radical (unpaired) electrons. The van der Waals surface area contributed by atoms with Crippen LogP contribution in [0.2, 0.25) is 0 Å². The Labute approximate surface area is 117 Å². The molecule has 3 aromatic rings. The lowest BCUT2D eigenvalue weighted by atomic mass is 10.1. The van der Waals surface area contributed by atoms with Crippen LogP contribution >= 0.6 is 11.3 Å². The number of furan rings is 1. The Morgan fingerprint density at radius 1 is 1.11 bits per heavy atom. The molecule has 1 N–H and O–H groups in total. The molecule has 0 atom stereocenters. The zero-order valence-corrected chi connectivity index (χ0v) is 12.0. The normalized spacial score (nSPS) is 11.3. The molecule has 0 bridgehead atoms. The van der Waals surface area contributed by atoms with Gasteiger partial charge in [-0.2, -0.15) is 0 Å². The lowest BCUT2D eigenvalue weighted by Gasteiger charge is -2.04. The van der Waals surface area contributed by atoms with E-state index >= 15 is 0 Å². The van der Waals surface area contributed by atoms with Crippen molar-refractivity contribution < 1.29 is 4.42 Å². The standard InChI is InChI=1S/C16H17NOS/c1-11-7-8-19-16(11)10-17-9-14-12(2)18-15-6-4-3-5-13(14)15/h3-8,17H,9-10H2,1-2H3. The highest BCUT2D eigenvalue weighted by Crippen LogP contribution is 2.25. The van der Waals surface area contributed by atoms with E-state index < -0.39 is 0 Å². The topological polar surface area (TPSA) is 25.2 Å². The van der Waals surface area contributed by atoms with E-state index in [2.05, 4.69) is 35.8 Å². The molecule has 0 amide bonds. The van der Waals surface area contributed by atoms with Gasteiger partial charge in [0.05, 0.1) is 0 Å². The maximum absolute atomic E-state index is 5.77. The quantitative estimate of drug-likeness (QED) is 0.760. The van der Waals surface area contributed by atoms with Crippen molar-refractivity contribution in [1.82, 2.24) is 5.32 Å². The van der Waals surface area contributed by atoms with E-state index in [-0.39, 0.29) is 0 Å². The molecular formula is C16H17NOS. The molecule has 0 aliphatic heterocycles. The van der Waals surface area contributed by atoms with E-state index in [0.29, 0.717) is 0 Å². The van der Waals surface area contributed by atoms with Crippen molar-refractivity contribution >= 4 is 22.3 Å². The fraction of sp³-hybridized carbons (Fsp3) is 0.250. The number of para-hydroxylation sites is 1. The Balaban J connectivity index is 1.75. The van der Waals surface area contributed by atoms with Gasteiger partial charge in [-0.25, -0.2) is 0 Å². The highest BCUT2D eigenvalue weighted by atomic mass is 32.1. The molecule has 2 nitrogen and oxygen atoms in total. The van der Waals surface area contributed by atoms with Crippen LogP contribution in [0.3, 0.4) is 0 Å². The predicted octanol–water partition coefficient (Wildman–Crippen LogP) is 4.40. The number of hydrogen-bond donors (Lipinski definition) is 1. The number of nitrogens with one attached hydrogen (secondary N) is 1. The second-order valence-electron chi connectivity index (χ2n) is 4.76. The fourth-order valence-electron chi connectivity index (χ4n) is 2.33. The first-order valence-electron chi connectivity index (χ1n) is 6.46. The zero-order chi connectivity index (χ0) is 13.2. The third-order valence-electron chi connectivity index (χ3n) is 3.46. The maximum Gasteiger partial charge on any atom is 0.134 e. The summed E-state index contributed by atoms with van der Waals surface area (Å²) in [5.74, 6) is 1.01. The minimum Gasteiger partial charge on any atom is -0.461 e. The van der Waals surface area contributed by atoms with Gasteiger partial charge < -0.3 is 9.73 Å². The van der Waals surface area contributed by atoms with Gasteiger partial charge >= 0.3 is 0 Å². The first-order valence-corrected chi connectivity index (χ1v) is 7.34. The van der Waals surface area contributed by atoms with Gasteiger partial charge in [-0.1, -0.05) is 18.2 Å². The second-order valence-corrected chi connectivity index (χ2v) is 5.76. The van der Waals surface area contributed by atoms with Crippen molar-refractivity contribution in [3.63, 3.8) is 0 Å². The van der Waals surface area contributed by atoms with Gasteiger partial charge in [0.25, 0.3) is 0 Å². The summed E-state index contributed by atoms with van der Waals surface area (Å²) in [7, 11) is 0. The summed E-state index contributed by atoms with van der Waals surface area (Å²) in [5, 5.41) is 6.88. The van der Waals surface area contributed by atoms with E-state index in [1.807, 2.05) is 30.4 Å². The number of thiophene rings is 1. The minimum absolute atomic E-state index is 0.847. The molecule has 0 fully saturated rings. The van der Waals surface area contributed by atoms with Crippen molar-refractivity contribution in [3.8, 4) is 0 Å². The summed E-state index contributed by atoms with van der Waals surface area (Å²) < 4.78 is 5.77. The second kappa shape index (κ2) is 5.19. The van der Waals surface area contributed by atoms with Crippen molar-refractivity contribution in [2.75, 3.05) is 0 Å². The van der Waals surface area contributed by atoms with Crippen LogP contribution in [0.4, 0.5) is 0 Å². The van der Waals surface area contributed by atoms with Crippen molar-refractivity contribution in [2.24, 2.45) is 0 Å². The smallest absolute Gasteiger partial charge is 0.134 e. The highest BCUT2D eigenvalue weighted by molar-refractivity contribution is 7.10. The highest BCUT2D eigenvalue weighted by Gasteiger charge is 2.09. The Kier molecular flexibility index (Phi) is 3.40. The average Bonchev–Trinajstić information content (AvgIpc) is 2.94. The van der Waals surface area contributed by atoms with Gasteiger partial charge in [0.1, 0.15) is 11.3 Å². The lowest BCUT2D eigenvalue weighted by Crippen LogP contribution is -2.12. The van der Waals surface area contributed by atoms with E-state index in [1.54, 1.807) is 0 Å². The molecule has 2 aromatic heterocycles. The molecule has 98 valence electrons. The number of aryl methyl sites for hydroxylation is 2. The maximum atomic E-state index is 5.77. The molecule has 19 heavy (non-hydrogen) atoms. The van der Waals surface area contributed by atoms with Crippen molar-refractivity contribution in [3.05, 3.63) is 57.5 Å². The van der Waals surface area contributed by atoms with Gasteiger partial charge in [0.2, 0.25) is 0 Å². The molecule has 0 aliphatic rings. The van der Waals surface area contributed by atoms with Crippen LogP contribution in [-0.4, -0.2) is 0 Å². The number of hydrogen-bond acceptors (Lipinski definition) is 3. The first kappa shape index (κ1) is 12.5. The molecule has 3 heteroatoms.